The highest BCUT2D eigenvalue weighted by molar-refractivity contribution is 7.50. The largest absolute Gasteiger partial charge is 0.370 e. The first kappa shape index (κ1) is 34.1. The van der Waals surface area contributed by atoms with E-state index in [-0.39, 0.29) is 42.3 Å². The molecule has 45 heavy (non-hydrogen) atoms. The van der Waals surface area contributed by atoms with E-state index in [4.69, 9.17) is 5.73 Å². The Morgan fingerprint density at radius 2 is 1.76 bits per heavy atom. The predicted octanol–water partition coefficient (Wildman–Crippen LogP) is 3.20. The topological polar surface area (TPSA) is 179 Å². The first-order valence-corrected chi connectivity index (χ1v) is 17.1. The number of hydrogen-bond donors (Lipinski definition) is 5. The lowest BCUT2D eigenvalue weighted by Gasteiger charge is -2.32. The van der Waals surface area contributed by atoms with Gasteiger partial charge in [-0.25, -0.2) is 0 Å². The molecule has 0 saturated carbocycles. The average Bonchev–Trinajstić information content (AvgIpc) is 3.30. The van der Waals surface area contributed by atoms with Gasteiger partial charge in [-0.15, -0.1) is 0 Å². The number of hydrogen-bond acceptors (Lipinski definition) is 5. The van der Waals surface area contributed by atoms with E-state index in [0.717, 1.165) is 16.8 Å². The van der Waals surface area contributed by atoms with Gasteiger partial charge in [0.2, 0.25) is 23.6 Å². The van der Waals surface area contributed by atoms with Crippen LogP contribution in [0.3, 0.4) is 0 Å². The zero-order chi connectivity index (χ0) is 33.1. The molecule has 4 atom stereocenters. The Kier molecular flexibility index (Phi) is 10.7. The normalized spacial score (nSPS) is 19.5. The lowest BCUT2D eigenvalue weighted by molar-refractivity contribution is -0.129. The molecule has 0 radical (unpaired) electrons. The number of nitrogens with one attached hydrogen (secondary N) is 2. The Morgan fingerprint density at radius 1 is 1.09 bits per heavy atom. The fraction of sp³-hybridized carbons (Fsp3) is 0.455. The molecular weight excluding hydrogens is 595 g/mol. The molecule has 12 heteroatoms. The van der Waals surface area contributed by atoms with Crippen LogP contribution in [0.1, 0.15) is 69.2 Å². The number of para-hydroxylation sites is 1. The molecule has 2 aliphatic heterocycles. The fourth-order valence-electron chi connectivity index (χ4n) is 6.09. The fourth-order valence-corrected chi connectivity index (χ4v) is 6.77. The zero-order valence-corrected chi connectivity index (χ0v) is 27.1. The van der Waals surface area contributed by atoms with Crippen LogP contribution in [-0.4, -0.2) is 51.5 Å². The van der Waals surface area contributed by atoms with E-state index in [9.17, 15) is 33.5 Å². The van der Waals surface area contributed by atoms with E-state index in [1.54, 1.807) is 36.1 Å². The molecule has 0 spiro atoms. The van der Waals surface area contributed by atoms with Gasteiger partial charge in [-0.1, -0.05) is 63.2 Å². The minimum atomic E-state index is -4.20. The zero-order valence-electron chi connectivity index (χ0n) is 26.2. The van der Waals surface area contributed by atoms with Crippen molar-refractivity contribution in [2.75, 3.05) is 4.90 Å². The van der Waals surface area contributed by atoms with Crippen LogP contribution in [0.15, 0.2) is 48.5 Å². The molecule has 0 fully saturated rings. The second kappa shape index (κ2) is 14.1. The van der Waals surface area contributed by atoms with Gasteiger partial charge < -0.3 is 26.2 Å². The van der Waals surface area contributed by atoms with Gasteiger partial charge in [0.1, 0.15) is 12.1 Å². The van der Waals surface area contributed by atoms with Gasteiger partial charge in [-0.2, -0.15) is 0 Å². The standard InChI is InChI=1S/C33H43N4O7P/c1-19(2)21(4)26(14-15-29(34)38)36-32(40)28-17-25-7-5-6-24-12-13-27(33(41)37(28)31(24)25)35-30(39)16-20(3)23-10-8-22(9-11-23)18-45(42,43)44/h5-11,16,19,21,26-28H,12-15,17-18H2,1-4H3,(H2,34,38)(H,35,39)(H,36,40)(H2,42,43,44)/b20-16+/t21-,26-,27-,28-/m0/s1. The molecule has 4 amide bonds. The van der Waals surface area contributed by atoms with Crippen molar-refractivity contribution in [3.8, 4) is 0 Å². The Morgan fingerprint density at radius 3 is 2.38 bits per heavy atom. The van der Waals surface area contributed by atoms with Crippen LogP contribution >= 0.6 is 7.60 Å². The number of primary amides is 1. The van der Waals surface area contributed by atoms with Crippen LogP contribution in [0.25, 0.3) is 5.57 Å². The summed E-state index contributed by atoms with van der Waals surface area (Å²) >= 11 is 0. The van der Waals surface area contributed by atoms with Gasteiger partial charge in [-0.3, -0.25) is 28.6 Å². The van der Waals surface area contributed by atoms with Gasteiger partial charge in [0.05, 0.1) is 11.8 Å². The molecule has 2 aromatic carbocycles. The number of carbonyl (C=O) groups is 4. The quantitative estimate of drug-likeness (QED) is 0.175. The summed E-state index contributed by atoms with van der Waals surface area (Å²) in [7, 11) is -4.20. The second-order valence-electron chi connectivity index (χ2n) is 12.5. The molecule has 2 heterocycles. The van der Waals surface area contributed by atoms with Crippen molar-refractivity contribution in [2.45, 2.75) is 84.1 Å². The van der Waals surface area contributed by atoms with Crippen molar-refractivity contribution in [1.82, 2.24) is 10.6 Å². The van der Waals surface area contributed by atoms with Crippen LogP contribution in [0.5, 0.6) is 0 Å². The molecule has 0 saturated heterocycles. The van der Waals surface area contributed by atoms with Crippen molar-refractivity contribution >= 4 is 42.5 Å². The van der Waals surface area contributed by atoms with Crippen molar-refractivity contribution < 1.29 is 33.5 Å². The monoisotopic (exact) mass is 638 g/mol. The molecule has 0 unspecified atom stereocenters. The van der Waals surface area contributed by atoms with E-state index >= 15 is 0 Å². The Bertz CT molecular complexity index is 1530. The van der Waals surface area contributed by atoms with Crippen molar-refractivity contribution in [1.29, 1.82) is 0 Å². The molecule has 0 aromatic heterocycles. The van der Waals surface area contributed by atoms with Crippen LogP contribution in [0, 0.1) is 11.8 Å². The van der Waals surface area contributed by atoms with Crippen molar-refractivity contribution in [2.24, 2.45) is 17.6 Å². The molecule has 6 N–H and O–H groups in total. The summed E-state index contributed by atoms with van der Waals surface area (Å²) in [4.78, 5) is 72.5. The number of carbonyl (C=O) groups excluding carboxylic acids is 4. The molecule has 4 rings (SSSR count). The highest BCUT2D eigenvalue weighted by atomic mass is 31.2. The first-order valence-electron chi connectivity index (χ1n) is 15.3. The number of anilines is 1. The van der Waals surface area contributed by atoms with Gasteiger partial charge in [0, 0.05) is 25.0 Å². The maximum atomic E-state index is 14.1. The SMILES string of the molecule is C/C(=C\C(=O)N[C@H]1CCc2cccc3c2N(C1=O)[C@H](C(=O)N[C@@H](CCC(N)=O)[C@@H](C)C(C)C)C3)c1ccc(CP(=O)(O)O)cc1. The number of aryl methyl sites for hydroxylation is 1. The van der Waals surface area contributed by atoms with E-state index in [1.807, 2.05) is 25.1 Å². The summed E-state index contributed by atoms with van der Waals surface area (Å²) in [5.74, 6) is -1.26. The average molecular weight is 639 g/mol. The smallest absolute Gasteiger partial charge is 0.329 e. The van der Waals surface area contributed by atoms with Crippen molar-refractivity contribution in [3.63, 3.8) is 0 Å². The molecule has 2 aromatic rings. The Balaban J connectivity index is 1.53. The van der Waals surface area contributed by atoms with Gasteiger partial charge >= 0.3 is 7.60 Å². The number of rotatable bonds is 12. The second-order valence-corrected chi connectivity index (χ2v) is 14.2. The van der Waals surface area contributed by atoms with Crippen LogP contribution in [0.4, 0.5) is 5.69 Å². The predicted molar refractivity (Wildman–Crippen MR) is 172 cm³/mol. The van der Waals surface area contributed by atoms with E-state index in [2.05, 4.69) is 24.5 Å². The van der Waals surface area contributed by atoms with Gasteiger partial charge in [-0.05, 0) is 65.8 Å². The third kappa shape index (κ3) is 8.48. The molecule has 0 aliphatic carbocycles. The number of nitrogens with zero attached hydrogens (tertiary/aromatic N) is 1. The molecule has 11 nitrogen and oxygen atoms in total. The summed E-state index contributed by atoms with van der Waals surface area (Å²) in [6, 6.07) is 10.4. The molecule has 2 aliphatic rings. The summed E-state index contributed by atoms with van der Waals surface area (Å²) in [6.07, 6.45) is 2.80. The Hall–Kier alpha value is -3.79. The number of nitrogens with two attached hydrogens (primary N) is 1. The highest BCUT2D eigenvalue weighted by Crippen LogP contribution is 2.40. The Labute approximate surface area is 263 Å². The highest BCUT2D eigenvalue weighted by Gasteiger charge is 2.44. The maximum absolute atomic E-state index is 14.1. The third-order valence-corrected chi connectivity index (χ3v) is 9.66. The third-order valence-electron chi connectivity index (χ3n) is 8.89. The van der Waals surface area contributed by atoms with Gasteiger partial charge in [0.25, 0.3) is 0 Å². The summed E-state index contributed by atoms with van der Waals surface area (Å²) in [5.41, 5.74) is 9.76. The minimum absolute atomic E-state index is 0.0665. The van der Waals surface area contributed by atoms with E-state index in [1.165, 1.54) is 6.08 Å². The lowest BCUT2D eigenvalue weighted by atomic mass is 9.87. The molecule has 242 valence electrons. The number of allylic oxidation sites excluding steroid dienone is 1. The molecule has 0 bridgehead atoms. The maximum Gasteiger partial charge on any atom is 0.329 e. The summed E-state index contributed by atoms with van der Waals surface area (Å²) in [6.45, 7) is 7.86. The van der Waals surface area contributed by atoms with E-state index < -0.39 is 31.5 Å². The lowest BCUT2D eigenvalue weighted by Crippen LogP contribution is -2.56. The van der Waals surface area contributed by atoms with Crippen LogP contribution < -0.4 is 21.3 Å². The minimum Gasteiger partial charge on any atom is -0.370 e. The molecular formula is C33H43N4O7P. The summed E-state index contributed by atoms with van der Waals surface area (Å²) in [5, 5.41) is 5.96. The number of amides is 4. The van der Waals surface area contributed by atoms with E-state index in [0.29, 0.717) is 42.4 Å². The van der Waals surface area contributed by atoms with Crippen LogP contribution in [0.2, 0.25) is 0 Å². The van der Waals surface area contributed by atoms with Crippen molar-refractivity contribution in [3.05, 3.63) is 70.8 Å². The number of benzene rings is 2. The summed E-state index contributed by atoms with van der Waals surface area (Å²) < 4.78 is 11.3. The van der Waals surface area contributed by atoms with Gasteiger partial charge in [0.15, 0.2) is 0 Å². The first-order chi connectivity index (χ1) is 21.1. The van der Waals surface area contributed by atoms with Crippen LogP contribution in [-0.2, 0) is 42.7 Å².